The number of sulfone groups is 2. The van der Waals surface area contributed by atoms with Gasteiger partial charge in [-0.05, 0) is 130 Å². The van der Waals surface area contributed by atoms with Crippen molar-refractivity contribution in [2.45, 2.75) is 123 Å². The third kappa shape index (κ3) is 12.6. The molecule has 2 aliphatic carbocycles. The van der Waals surface area contributed by atoms with Crippen molar-refractivity contribution in [3.05, 3.63) is 151 Å². The first kappa shape index (κ1) is 53.7. The predicted molar refractivity (Wildman–Crippen MR) is 280 cm³/mol. The molecule has 4 aromatic carbocycles. The second-order valence-electron chi connectivity index (χ2n) is 17.3. The Hall–Kier alpha value is -5.66. The summed E-state index contributed by atoms with van der Waals surface area (Å²) in [6.07, 6.45) is 8.62. The molecule has 0 radical (unpaired) electrons. The fourth-order valence-corrected chi connectivity index (χ4v) is 11.1. The van der Waals surface area contributed by atoms with Gasteiger partial charge in [0.05, 0.1) is 9.79 Å². The Balaban J connectivity index is 0.000000205. The van der Waals surface area contributed by atoms with E-state index in [2.05, 4.69) is 25.9 Å². The largest absolute Gasteiger partial charge is 0.504 e. The van der Waals surface area contributed by atoms with Gasteiger partial charge >= 0.3 is 7.12 Å². The molecule has 0 saturated heterocycles. The summed E-state index contributed by atoms with van der Waals surface area (Å²) in [6.45, 7) is 8.85. The van der Waals surface area contributed by atoms with E-state index in [0.717, 1.165) is 68.3 Å². The number of aromatic hydroxyl groups is 2. The number of nitrogens with one attached hydrogen (secondary N) is 2. The van der Waals surface area contributed by atoms with Crippen molar-refractivity contribution >= 4 is 65.5 Å². The van der Waals surface area contributed by atoms with Gasteiger partial charge in [-0.3, -0.25) is 9.59 Å². The minimum atomic E-state index is -4.24. The quantitative estimate of drug-likeness (QED) is 0.0443. The Morgan fingerprint density at radius 2 is 0.971 bits per heavy atom. The fourth-order valence-electron chi connectivity index (χ4n) is 8.11. The Labute approximate surface area is 419 Å². The lowest BCUT2D eigenvalue weighted by molar-refractivity contribution is 0.403. The molecule has 0 unspecified atom stereocenters. The molecular formula is C52H62BBrN4O10S2. The van der Waals surface area contributed by atoms with Crippen molar-refractivity contribution < 1.29 is 37.1 Å². The summed E-state index contributed by atoms with van der Waals surface area (Å²) in [5.74, 6) is -0.317. The van der Waals surface area contributed by atoms with Crippen LogP contribution in [-0.4, -0.2) is 67.3 Å². The Bertz CT molecular complexity index is 3040. The molecule has 6 aromatic rings. The summed E-state index contributed by atoms with van der Waals surface area (Å²) >= 11 is 3.28. The highest BCUT2D eigenvalue weighted by Gasteiger charge is 2.34. The number of hydrogen-bond acceptors (Lipinski definition) is 12. The van der Waals surface area contributed by atoms with Gasteiger partial charge in [-0.1, -0.05) is 104 Å². The van der Waals surface area contributed by atoms with Crippen LogP contribution in [0, 0.1) is 0 Å². The van der Waals surface area contributed by atoms with Crippen LogP contribution in [0.1, 0.15) is 102 Å². The van der Waals surface area contributed by atoms with Gasteiger partial charge < -0.3 is 40.0 Å². The molecular weight excluding hydrogens is 995 g/mol. The van der Waals surface area contributed by atoms with Crippen molar-refractivity contribution in [2.75, 3.05) is 22.9 Å². The van der Waals surface area contributed by atoms with Crippen LogP contribution in [0.3, 0.4) is 0 Å². The van der Waals surface area contributed by atoms with Crippen LogP contribution in [0.2, 0.25) is 5.82 Å². The van der Waals surface area contributed by atoms with E-state index in [9.17, 15) is 36.6 Å². The van der Waals surface area contributed by atoms with Gasteiger partial charge in [0.15, 0.2) is 21.3 Å². The van der Waals surface area contributed by atoms with E-state index in [-0.39, 0.29) is 15.6 Å². The molecule has 0 amide bonds. The second kappa shape index (κ2) is 24.0. The molecule has 0 atom stereocenters. The topological polar surface area (TPSA) is 221 Å². The standard InChI is InChI=1S/C26H30N2O4S.C23H25BrN2O4S.C3H7BO2/c1-3-5-11-22-23(28(4-2)20-9-7-6-8-10-20)24(29)25(26(30)27-22)33(31,32)21-16-14-19(15-17-21)18-12-13-18;1-3-5-11-19-20(26(4-2)17-9-7-6-8-10-17)21(27)22(23(28)25-19)31(29,30)18-14-12-16(24)13-15-18;5-4(6)3-1-2-3/h6-10,14-18H,3-5,11-13H2,1-2H3,(H2,27,29,30);6-10,12-15H,3-5,11H2,1-2H3,(H2,25,27,28);3,5-6H,1-2H2. The molecule has 0 bridgehead atoms. The van der Waals surface area contributed by atoms with Crippen LogP contribution in [0.15, 0.2) is 143 Å². The Morgan fingerprint density at radius 1 is 0.586 bits per heavy atom. The maximum Gasteiger partial charge on any atom is 0.454 e. The monoisotopic (exact) mass is 1060 g/mol. The molecule has 372 valence electrons. The smallest absolute Gasteiger partial charge is 0.454 e. The van der Waals surface area contributed by atoms with Gasteiger partial charge in [0, 0.05) is 40.3 Å². The molecule has 18 heteroatoms. The summed E-state index contributed by atoms with van der Waals surface area (Å²) in [5, 5.41) is 39.0. The van der Waals surface area contributed by atoms with E-state index in [1.54, 1.807) is 24.3 Å². The molecule has 2 heterocycles. The molecule has 2 aliphatic rings. The van der Waals surface area contributed by atoms with Crippen molar-refractivity contribution in [1.29, 1.82) is 0 Å². The minimum absolute atomic E-state index is 0.00252. The maximum atomic E-state index is 13.5. The average molecular weight is 1060 g/mol. The Morgan fingerprint density at radius 3 is 1.29 bits per heavy atom. The number of hydrogen-bond donors (Lipinski definition) is 6. The number of para-hydroxylation sites is 2. The highest BCUT2D eigenvalue weighted by Crippen LogP contribution is 2.43. The SMILES string of the molecule is CCCCc1[nH]c(=O)c(S(=O)(=O)c2ccc(Br)cc2)c(O)c1N(CC)c1ccccc1.CCCCc1[nH]c(=O)c(S(=O)(=O)c2ccc(C3CC3)cc2)c(O)c1N(CC)c1ccccc1.OB(O)C1CC1. The van der Waals surface area contributed by atoms with Crippen LogP contribution in [0.5, 0.6) is 11.5 Å². The number of rotatable bonds is 18. The first-order valence-corrected chi connectivity index (χ1v) is 27.6. The highest BCUT2D eigenvalue weighted by molar-refractivity contribution is 9.10. The summed E-state index contributed by atoms with van der Waals surface area (Å²) in [5.41, 5.74) is 2.79. The number of benzene rings is 4. The highest BCUT2D eigenvalue weighted by atomic mass is 79.9. The van der Waals surface area contributed by atoms with Crippen molar-refractivity contribution in [3.8, 4) is 11.5 Å². The number of pyridine rings is 2. The van der Waals surface area contributed by atoms with E-state index >= 15 is 0 Å². The lowest BCUT2D eigenvalue weighted by atomic mass is 9.84. The summed E-state index contributed by atoms with van der Waals surface area (Å²) in [7, 11) is -9.51. The fraction of sp³-hybridized carbons (Fsp3) is 0.346. The first-order valence-electron chi connectivity index (χ1n) is 23.8. The summed E-state index contributed by atoms with van der Waals surface area (Å²) < 4.78 is 54.3. The van der Waals surface area contributed by atoms with Gasteiger partial charge in [-0.2, -0.15) is 0 Å². The zero-order chi connectivity index (χ0) is 50.8. The van der Waals surface area contributed by atoms with Gasteiger partial charge in [0.1, 0.15) is 11.4 Å². The number of halogens is 1. The van der Waals surface area contributed by atoms with Crippen LogP contribution >= 0.6 is 15.9 Å². The molecule has 2 fully saturated rings. The molecule has 2 saturated carbocycles. The number of nitrogens with zero attached hydrogens (tertiary/aromatic N) is 2. The summed E-state index contributed by atoms with van der Waals surface area (Å²) in [6, 6.07) is 31.4. The molecule has 70 heavy (non-hydrogen) atoms. The molecule has 8 rings (SSSR count). The Kier molecular flexibility index (Phi) is 18.4. The van der Waals surface area contributed by atoms with Crippen molar-refractivity contribution in [1.82, 2.24) is 9.97 Å². The van der Waals surface area contributed by atoms with E-state index in [1.807, 2.05) is 98.2 Å². The number of aryl methyl sites for hydroxylation is 2. The zero-order valence-corrected chi connectivity index (χ0v) is 43.2. The molecule has 6 N–H and O–H groups in total. The van der Waals surface area contributed by atoms with Crippen LogP contribution in [0.25, 0.3) is 0 Å². The second-order valence-corrected chi connectivity index (χ2v) is 22.0. The number of anilines is 4. The number of unbranched alkanes of at least 4 members (excludes halogenated alkanes) is 2. The normalized spacial score (nSPS) is 13.4. The third-order valence-corrected chi connectivity index (χ3v) is 16.4. The lowest BCUT2D eigenvalue weighted by Gasteiger charge is -2.27. The van der Waals surface area contributed by atoms with Crippen molar-refractivity contribution in [3.63, 3.8) is 0 Å². The number of aromatic amines is 2. The van der Waals surface area contributed by atoms with Gasteiger partial charge in [-0.15, -0.1) is 0 Å². The molecule has 0 spiro atoms. The van der Waals surface area contributed by atoms with E-state index < -0.39 is 59.2 Å². The third-order valence-electron chi connectivity index (χ3n) is 12.2. The number of H-pyrrole nitrogens is 2. The summed E-state index contributed by atoms with van der Waals surface area (Å²) in [4.78, 5) is 33.8. The van der Waals surface area contributed by atoms with Gasteiger partial charge in [-0.25, -0.2) is 16.8 Å². The van der Waals surface area contributed by atoms with Crippen molar-refractivity contribution in [2.24, 2.45) is 0 Å². The molecule has 0 aliphatic heterocycles. The number of aromatic nitrogens is 2. The van der Waals surface area contributed by atoms with E-state index in [0.29, 0.717) is 59.1 Å². The lowest BCUT2D eigenvalue weighted by Crippen LogP contribution is -2.25. The molecule has 14 nitrogen and oxygen atoms in total. The van der Waals surface area contributed by atoms with Crippen LogP contribution in [-0.2, 0) is 32.5 Å². The van der Waals surface area contributed by atoms with Gasteiger partial charge in [0.2, 0.25) is 19.7 Å². The van der Waals surface area contributed by atoms with Gasteiger partial charge in [0.25, 0.3) is 11.1 Å². The van der Waals surface area contributed by atoms with E-state index in [4.69, 9.17) is 10.0 Å². The zero-order valence-electron chi connectivity index (χ0n) is 39.9. The van der Waals surface area contributed by atoms with E-state index in [1.165, 1.54) is 24.3 Å². The average Bonchev–Trinajstić information content (AvgIpc) is 4.28. The van der Waals surface area contributed by atoms with Crippen LogP contribution < -0.4 is 20.9 Å². The minimum Gasteiger partial charge on any atom is -0.504 e. The molecule has 2 aromatic heterocycles. The first-order chi connectivity index (χ1) is 33.5. The van der Waals surface area contributed by atoms with Crippen LogP contribution in [0.4, 0.5) is 22.7 Å². The predicted octanol–water partition coefficient (Wildman–Crippen LogP) is 10.1. The maximum absolute atomic E-state index is 13.5.